The summed E-state index contributed by atoms with van der Waals surface area (Å²) < 4.78 is 2.21. The fourth-order valence-corrected chi connectivity index (χ4v) is 6.77. The standard InChI is InChI=1S/C22H17ClN2Si.C13H11B/c23-20-12-7-13-21(16-20)26-22(25-15-14-24-17-25,18-8-3-1-4-9-18)19-10-5-2-6-11-19;14-13(11-7-3-1-4-8-11)12-9-5-2-6-10-12/h1-17H;1-10,13H. The predicted molar refractivity (Wildman–Crippen MR) is 169 cm³/mol. The van der Waals surface area contributed by atoms with Crippen LogP contribution in [-0.2, 0) is 5.16 Å². The second-order valence-electron chi connectivity index (χ2n) is 9.35. The van der Waals surface area contributed by atoms with Gasteiger partial charge in [0.05, 0.1) is 19.3 Å². The number of benzene rings is 5. The summed E-state index contributed by atoms with van der Waals surface area (Å²) >= 11 is 6.28. The van der Waals surface area contributed by atoms with Gasteiger partial charge in [-0.05, 0) is 40.2 Å². The first-order valence-corrected chi connectivity index (χ1v) is 14.5. The number of nitrogens with zero attached hydrogens (tertiary/aromatic N) is 2. The number of rotatable bonds is 7. The number of aromatic nitrogens is 2. The summed E-state index contributed by atoms with van der Waals surface area (Å²) in [5, 5.41) is 1.60. The number of hydrogen-bond donors (Lipinski definition) is 0. The molecule has 5 heteroatoms. The predicted octanol–water partition coefficient (Wildman–Crippen LogP) is 7.26. The molecule has 0 N–H and O–H groups in total. The Balaban J connectivity index is 0.000000194. The maximum absolute atomic E-state index is 6.28. The van der Waals surface area contributed by atoms with Crippen LogP contribution in [0.3, 0.4) is 0 Å². The highest BCUT2D eigenvalue weighted by Gasteiger charge is 2.37. The van der Waals surface area contributed by atoms with Gasteiger partial charge in [-0.1, -0.05) is 150 Å². The van der Waals surface area contributed by atoms with Gasteiger partial charge in [-0.15, -0.1) is 0 Å². The Morgan fingerprint density at radius 2 is 1.15 bits per heavy atom. The minimum atomic E-state index is -0.371. The van der Waals surface area contributed by atoms with Gasteiger partial charge in [0.25, 0.3) is 0 Å². The molecule has 0 fully saturated rings. The van der Waals surface area contributed by atoms with Gasteiger partial charge in [0.15, 0.2) is 0 Å². The van der Waals surface area contributed by atoms with E-state index in [1.54, 1.807) is 0 Å². The molecule has 0 aliphatic carbocycles. The van der Waals surface area contributed by atoms with Crippen molar-refractivity contribution in [1.82, 2.24) is 9.55 Å². The lowest BCUT2D eigenvalue weighted by atomic mass is 9.76. The fraction of sp³-hybridized carbons (Fsp3) is 0.0571. The maximum atomic E-state index is 6.28. The van der Waals surface area contributed by atoms with Gasteiger partial charge in [-0.25, -0.2) is 4.98 Å². The van der Waals surface area contributed by atoms with E-state index in [1.165, 1.54) is 16.3 Å². The van der Waals surface area contributed by atoms with Gasteiger partial charge in [-0.3, -0.25) is 0 Å². The average molecular weight is 551 g/mol. The van der Waals surface area contributed by atoms with Gasteiger partial charge < -0.3 is 4.57 Å². The van der Waals surface area contributed by atoms with Gasteiger partial charge >= 0.3 is 0 Å². The van der Waals surface area contributed by atoms with Crippen molar-refractivity contribution in [2.75, 3.05) is 0 Å². The van der Waals surface area contributed by atoms with Crippen LogP contribution in [0.2, 0.25) is 5.02 Å². The highest BCUT2D eigenvalue weighted by atomic mass is 35.5. The summed E-state index contributed by atoms with van der Waals surface area (Å²) in [4.78, 5) is 4.34. The summed E-state index contributed by atoms with van der Waals surface area (Å²) in [6.07, 6.45) is 5.78. The third-order valence-electron chi connectivity index (χ3n) is 6.74. The van der Waals surface area contributed by atoms with Crippen LogP contribution < -0.4 is 5.19 Å². The first kappa shape index (κ1) is 27.4. The molecule has 40 heavy (non-hydrogen) atoms. The van der Waals surface area contributed by atoms with E-state index in [9.17, 15) is 0 Å². The molecule has 0 saturated carbocycles. The van der Waals surface area contributed by atoms with E-state index < -0.39 is 0 Å². The molecule has 0 saturated heterocycles. The van der Waals surface area contributed by atoms with E-state index in [-0.39, 0.29) is 11.0 Å². The summed E-state index contributed by atoms with van der Waals surface area (Å²) in [5.74, 6) is -0.0163. The molecular formula is C35H28BClN2Si. The van der Waals surface area contributed by atoms with Gasteiger partial charge in [-0.2, -0.15) is 0 Å². The van der Waals surface area contributed by atoms with Crippen LogP contribution in [0, 0.1) is 0 Å². The van der Waals surface area contributed by atoms with E-state index in [0.717, 1.165) is 16.1 Å². The first-order chi connectivity index (χ1) is 19.7. The van der Waals surface area contributed by atoms with E-state index >= 15 is 0 Å². The second kappa shape index (κ2) is 13.3. The monoisotopic (exact) mass is 550 g/mol. The number of hydrogen-bond acceptors (Lipinski definition) is 1. The Morgan fingerprint density at radius 3 is 1.60 bits per heavy atom. The third-order valence-corrected chi connectivity index (χ3v) is 8.77. The Labute approximate surface area is 245 Å². The van der Waals surface area contributed by atoms with E-state index in [0.29, 0.717) is 9.52 Å². The quantitative estimate of drug-likeness (QED) is 0.191. The molecular weight excluding hydrogens is 523 g/mol. The molecule has 0 aliphatic rings. The zero-order valence-electron chi connectivity index (χ0n) is 22.0. The van der Waals surface area contributed by atoms with Crippen LogP contribution in [0.15, 0.2) is 164 Å². The molecule has 0 spiro atoms. The zero-order valence-corrected chi connectivity index (χ0v) is 23.8. The van der Waals surface area contributed by atoms with E-state index in [4.69, 9.17) is 19.4 Å². The Morgan fingerprint density at radius 1 is 0.650 bits per heavy atom. The maximum Gasteiger partial charge on any atom is 0.127 e. The number of halogens is 1. The molecule has 1 heterocycles. The van der Waals surface area contributed by atoms with Crippen molar-refractivity contribution in [2.45, 2.75) is 11.0 Å². The van der Waals surface area contributed by atoms with Crippen molar-refractivity contribution in [1.29, 1.82) is 0 Å². The molecule has 6 aromatic rings. The molecule has 6 rings (SSSR count). The lowest BCUT2D eigenvalue weighted by Gasteiger charge is -2.36. The van der Waals surface area contributed by atoms with E-state index in [1.807, 2.05) is 67.3 Å². The van der Waals surface area contributed by atoms with Gasteiger partial charge in [0.2, 0.25) is 0 Å². The van der Waals surface area contributed by atoms with Gasteiger partial charge in [0, 0.05) is 17.4 Å². The van der Waals surface area contributed by atoms with Gasteiger partial charge in [0.1, 0.15) is 9.52 Å². The van der Waals surface area contributed by atoms with Crippen molar-refractivity contribution in [3.63, 3.8) is 0 Å². The van der Waals surface area contributed by atoms with Crippen LogP contribution in [0.4, 0.5) is 0 Å². The average Bonchev–Trinajstić information content (AvgIpc) is 3.57. The normalized spacial score (nSPS) is 11.1. The third kappa shape index (κ3) is 6.36. The van der Waals surface area contributed by atoms with Crippen molar-refractivity contribution >= 4 is 34.2 Å². The summed E-state index contributed by atoms with van der Waals surface area (Å²) in [6, 6.07) is 49.6. The van der Waals surface area contributed by atoms with Crippen LogP contribution in [0.5, 0.6) is 0 Å². The topological polar surface area (TPSA) is 17.8 Å². The summed E-state index contributed by atoms with van der Waals surface area (Å²) in [6.45, 7) is 0. The molecule has 192 valence electrons. The Kier molecular flexibility index (Phi) is 9.12. The van der Waals surface area contributed by atoms with Crippen molar-refractivity contribution in [3.8, 4) is 0 Å². The minimum absolute atomic E-state index is 0.0163. The van der Waals surface area contributed by atoms with Crippen molar-refractivity contribution in [3.05, 3.63) is 192 Å². The summed E-state index contributed by atoms with van der Waals surface area (Å²) in [5.41, 5.74) is 4.75. The fourth-order valence-electron chi connectivity index (χ4n) is 4.78. The molecule has 5 aromatic carbocycles. The van der Waals surface area contributed by atoms with Crippen molar-refractivity contribution < 1.29 is 0 Å². The second-order valence-corrected chi connectivity index (χ2v) is 11.3. The largest absolute Gasteiger partial charge is 0.326 e. The highest BCUT2D eigenvalue weighted by Crippen LogP contribution is 2.33. The lowest BCUT2D eigenvalue weighted by Crippen LogP contribution is -2.46. The first-order valence-electron chi connectivity index (χ1n) is 13.2. The molecule has 0 unspecified atom stereocenters. The molecule has 4 radical (unpaired) electrons. The smallest absolute Gasteiger partial charge is 0.127 e. The highest BCUT2D eigenvalue weighted by molar-refractivity contribution is 6.58. The number of imidazole rings is 1. The van der Waals surface area contributed by atoms with Crippen LogP contribution in [0.1, 0.15) is 28.1 Å². The van der Waals surface area contributed by atoms with Crippen LogP contribution >= 0.6 is 11.6 Å². The van der Waals surface area contributed by atoms with E-state index in [2.05, 4.69) is 107 Å². The van der Waals surface area contributed by atoms with Crippen molar-refractivity contribution in [2.24, 2.45) is 0 Å². The summed E-state index contributed by atoms with van der Waals surface area (Å²) in [7, 11) is 6.57. The molecule has 0 aliphatic heterocycles. The molecule has 2 nitrogen and oxygen atoms in total. The molecule has 0 atom stereocenters. The lowest BCUT2D eigenvalue weighted by molar-refractivity contribution is 0.596. The Hall–Kier alpha value is -4.12. The van der Waals surface area contributed by atoms with Crippen LogP contribution in [-0.4, -0.2) is 26.9 Å². The van der Waals surface area contributed by atoms with Crippen LogP contribution in [0.25, 0.3) is 0 Å². The zero-order chi connectivity index (χ0) is 27.6. The molecule has 1 aromatic heterocycles. The Bertz CT molecular complexity index is 1500. The minimum Gasteiger partial charge on any atom is -0.326 e. The molecule has 0 amide bonds. The SMILES string of the molecule is Clc1cccc([Si]C(c2ccccc2)(c2ccccc2)n2ccnc2)c1.[B]C(c1ccccc1)c1ccccc1. The molecule has 0 bridgehead atoms.